The summed E-state index contributed by atoms with van der Waals surface area (Å²) in [6.45, 7) is 2.69. The second-order valence-electron chi connectivity index (χ2n) is 5.17. The van der Waals surface area contributed by atoms with Gasteiger partial charge in [0.15, 0.2) is 11.6 Å². The molecule has 2 N–H and O–H groups in total. The average Bonchev–Trinajstić information content (AvgIpc) is 3.05. The highest BCUT2D eigenvalue weighted by Gasteiger charge is 2.21. The second-order valence-corrected chi connectivity index (χ2v) is 5.17. The Balaban J connectivity index is 1.83. The molecule has 0 aromatic carbocycles. The number of rotatable bonds is 4. The average molecular weight is 332 g/mol. The SMILES string of the molecule is C[C@H](NC(=O)O)c1ncnn1-c1ccc(N2CCOCC2=O)cn1. The molecule has 0 saturated carbocycles. The molecular weight excluding hydrogens is 316 g/mol. The number of pyridine rings is 1. The highest BCUT2D eigenvalue weighted by Crippen LogP contribution is 2.18. The molecule has 2 aromatic heterocycles. The highest BCUT2D eigenvalue weighted by molar-refractivity contribution is 5.94. The van der Waals surface area contributed by atoms with Crippen molar-refractivity contribution in [1.82, 2.24) is 25.1 Å². The lowest BCUT2D eigenvalue weighted by Gasteiger charge is -2.26. The number of hydrogen-bond donors (Lipinski definition) is 2. The van der Waals surface area contributed by atoms with Crippen molar-refractivity contribution in [3.8, 4) is 5.82 Å². The molecule has 0 unspecified atom stereocenters. The molecule has 0 radical (unpaired) electrons. The predicted octanol–water partition coefficient (Wildman–Crippen LogP) is 0.354. The Morgan fingerprint density at radius 2 is 2.25 bits per heavy atom. The number of anilines is 1. The molecule has 24 heavy (non-hydrogen) atoms. The van der Waals surface area contributed by atoms with Gasteiger partial charge >= 0.3 is 6.09 Å². The molecule has 0 bridgehead atoms. The number of nitrogens with one attached hydrogen (secondary N) is 1. The number of carboxylic acid groups (broad SMARTS) is 1. The number of nitrogens with zero attached hydrogens (tertiary/aromatic N) is 5. The number of morpholine rings is 1. The van der Waals surface area contributed by atoms with E-state index in [2.05, 4.69) is 20.4 Å². The Morgan fingerprint density at radius 3 is 2.92 bits per heavy atom. The summed E-state index contributed by atoms with van der Waals surface area (Å²) in [7, 11) is 0. The zero-order chi connectivity index (χ0) is 17.1. The van der Waals surface area contributed by atoms with Gasteiger partial charge in [-0.05, 0) is 19.1 Å². The van der Waals surface area contributed by atoms with Crippen LogP contribution in [0, 0.1) is 0 Å². The first-order chi connectivity index (χ1) is 11.6. The van der Waals surface area contributed by atoms with Gasteiger partial charge in [-0.1, -0.05) is 0 Å². The van der Waals surface area contributed by atoms with Crippen molar-refractivity contribution < 1.29 is 19.4 Å². The van der Waals surface area contributed by atoms with Crippen molar-refractivity contribution in [3.05, 3.63) is 30.5 Å². The molecule has 1 atom stereocenters. The lowest BCUT2D eigenvalue weighted by molar-refractivity contribution is -0.125. The van der Waals surface area contributed by atoms with E-state index in [4.69, 9.17) is 9.84 Å². The Labute approximate surface area is 137 Å². The van der Waals surface area contributed by atoms with Crippen LogP contribution >= 0.6 is 0 Å². The number of carbonyl (C=O) groups excluding carboxylic acids is 1. The van der Waals surface area contributed by atoms with E-state index in [1.165, 1.54) is 11.0 Å². The second kappa shape index (κ2) is 6.62. The highest BCUT2D eigenvalue weighted by atomic mass is 16.5. The monoisotopic (exact) mass is 332 g/mol. The number of carbonyl (C=O) groups is 2. The van der Waals surface area contributed by atoms with Gasteiger partial charge < -0.3 is 20.1 Å². The normalized spacial score (nSPS) is 16.0. The van der Waals surface area contributed by atoms with Crippen LogP contribution in [0.3, 0.4) is 0 Å². The van der Waals surface area contributed by atoms with Crippen LogP contribution in [0.25, 0.3) is 5.82 Å². The van der Waals surface area contributed by atoms with E-state index in [-0.39, 0.29) is 12.5 Å². The van der Waals surface area contributed by atoms with Gasteiger partial charge in [0, 0.05) is 6.54 Å². The molecule has 1 aliphatic heterocycles. The molecule has 1 saturated heterocycles. The maximum absolute atomic E-state index is 11.8. The van der Waals surface area contributed by atoms with Crippen LogP contribution in [0.4, 0.5) is 10.5 Å². The fraction of sp³-hybridized carbons (Fsp3) is 0.357. The number of hydrogen-bond acceptors (Lipinski definition) is 6. The molecule has 10 nitrogen and oxygen atoms in total. The molecule has 126 valence electrons. The number of amides is 2. The van der Waals surface area contributed by atoms with Crippen molar-refractivity contribution in [2.45, 2.75) is 13.0 Å². The molecule has 0 aliphatic carbocycles. The van der Waals surface area contributed by atoms with Crippen LogP contribution < -0.4 is 10.2 Å². The summed E-state index contributed by atoms with van der Waals surface area (Å²) in [6, 6.07) is 2.91. The Morgan fingerprint density at radius 1 is 1.42 bits per heavy atom. The van der Waals surface area contributed by atoms with Crippen LogP contribution in [-0.4, -0.2) is 56.6 Å². The molecule has 2 amide bonds. The summed E-state index contributed by atoms with van der Waals surface area (Å²) in [6.07, 6.45) is 1.75. The Hall–Kier alpha value is -3.01. The quantitative estimate of drug-likeness (QED) is 0.828. The molecule has 1 fully saturated rings. The first-order valence-electron chi connectivity index (χ1n) is 7.30. The fourth-order valence-electron chi connectivity index (χ4n) is 2.43. The van der Waals surface area contributed by atoms with Crippen molar-refractivity contribution in [3.63, 3.8) is 0 Å². The molecule has 3 rings (SSSR count). The van der Waals surface area contributed by atoms with E-state index in [1.807, 2.05) is 0 Å². The van der Waals surface area contributed by atoms with Crippen LogP contribution in [-0.2, 0) is 9.53 Å². The maximum Gasteiger partial charge on any atom is 0.405 e. The van der Waals surface area contributed by atoms with Gasteiger partial charge in [-0.15, -0.1) is 0 Å². The van der Waals surface area contributed by atoms with Crippen molar-refractivity contribution in [2.75, 3.05) is 24.7 Å². The van der Waals surface area contributed by atoms with E-state index in [0.29, 0.717) is 30.5 Å². The summed E-state index contributed by atoms with van der Waals surface area (Å²) >= 11 is 0. The molecular formula is C14H16N6O4. The van der Waals surface area contributed by atoms with Gasteiger partial charge in [0.1, 0.15) is 12.9 Å². The third kappa shape index (κ3) is 3.18. The minimum absolute atomic E-state index is 0.0628. The van der Waals surface area contributed by atoms with Gasteiger partial charge in [0.05, 0.1) is 24.5 Å². The Bertz CT molecular complexity index is 744. The van der Waals surface area contributed by atoms with E-state index < -0.39 is 12.1 Å². The fourth-order valence-corrected chi connectivity index (χ4v) is 2.43. The van der Waals surface area contributed by atoms with E-state index in [1.54, 1.807) is 30.2 Å². The van der Waals surface area contributed by atoms with Crippen molar-refractivity contribution in [1.29, 1.82) is 0 Å². The topological polar surface area (TPSA) is 122 Å². The summed E-state index contributed by atoms with van der Waals surface area (Å²) < 4.78 is 6.55. The van der Waals surface area contributed by atoms with Crippen molar-refractivity contribution in [2.24, 2.45) is 0 Å². The molecule has 0 spiro atoms. The van der Waals surface area contributed by atoms with E-state index in [0.717, 1.165) is 0 Å². The van der Waals surface area contributed by atoms with Crippen LogP contribution in [0.2, 0.25) is 0 Å². The zero-order valence-corrected chi connectivity index (χ0v) is 12.9. The maximum atomic E-state index is 11.8. The number of aromatic nitrogens is 4. The largest absolute Gasteiger partial charge is 0.465 e. The first kappa shape index (κ1) is 15.9. The Kier molecular flexibility index (Phi) is 4.38. The van der Waals surface area contributed by atoms with Crippen LogP contribution in [0.1, 0.15) is 18.8 Å². The molecule has 3 heterocycles. The minimum Gasteiger partial charge on any atom is -0.465 e. The zero-order valence-electron chi connectivity index (χ0n) is 12.9. The first-order valence-corrected chi connectivity index (χ1v) is 7.30. The molecule has 10 heteroatoms. The predicted molar refractivity (Wildman–Crippen MR) is 81.9 cm³/mol. The van der Waals surface area contributed by atoms with Gasteiger partial charge in [0.2, 0.25) is 0 Å². The lowest BCUT2D eigenvalue weighted by Crippen LogP contribution is -2.41. The summed E-state index contributed by atoms with van der Waals surface area (Å²) in [5.41, 5.74) is 0.672. The van der Waals surface area contributed by atoms with Gasteiger partial charge in [-0.25, -0.2) is 14.8 Å². The standard InChI is InChI=1S/C14H16N6O4/c1-9(18-14(22)23)13-16-8-17-20(13)11-3-2-10(6-15-11)19-4-5-24-7-12(19)21/h2-3,6,8-9,18H,4-5,7H2,1H3,(H,22,23)/t9-/m0/s1. The van der Waals surface area contributed by atoms with E-state index >= 15 is 0 Å². The van der Waals surface area contributed by atoms with Gasteiger partial charge in [0.25, 0.3) is 5.91 Å². The van der Waals surface area contributed by atoms with Gasteiger partial charge in [-0.2, -0.15) is 9.78 Å². The smallest absolute Gasteiger partial charge is 0.405 e. The van der Waals surface area contributed by atoms with Crippen LogP contribution in [0.5, 0.6) is 0 Å². The molecule has 2 aromatic rings. The third-order valence-electron chi connectivity index (χ3n) is 3.55. The third-order valence-corrected chi connectivity index (χ3v) is 3.55. The minimum atomic E-state index is -1.15. The summed E-state index contributed by atoms with van der Waals surface area (Å²) in [5, 5.41) is 15.2. The molecule has 1 aliphatic rings. The van der Waals surface area contributed by atoms with E-state index in [9.17, 15) is 9.59 Å². The van der Waals surface area contributed by atoms with Crippen molar-refractivity contribution >= 4 is 17.7 Å². The number of ether oxygens (including phenoxy) is 1. The summed E-state index contributed by atoms with van der Waals surface area (Å²) in [5.74, 6) is 0.780. The van der Waals surface area contributed by atoms with Gasteiger partial charge in [-0.3, -0.25) is 4.79 Å². The summed E-state index contributed by atoms with van der Waals surface area (Å²) in [4.78, 5) is 32.6. The lowest BCUT2D eigenvalue weighted by atomic mass is 10.3. The van der Waals surface area contributed by atoms with Crippen LogP contribution in [0.15, 0.2) is 24.7 Å².